The molecule has 13 heteroatoms. The number of aromatic nitrogens is 1. The fourth-order valence-electron chi connectivity index (χ4n) is 8.51. The largest absolute Gasteiger partial charge is 0.497 e. The lowest BCUT2D eigenvalue weighted by Gasteiger charge is -2.35. The Morgan fingerprint density at radius 1 is 0.930 bits per heavy atom. The van der Waals surface area contributed by atoms with Crippen molar-refractivity contribution in [1.29, 1.82) is 0 Å². The van der Waals surface area contributed by atoms with E-state index in [-0.39, 0.29) is 31.1 Å². The van der Waals surface area contributed by atoms with E-state index in [0.29, 0.717) is 28.1 Å². The summed E-state index contributed by atoms with van der Waals surface area (Å²) in [5.41, 5.74) is -0.146. The Morgan fingerprint density at radius 2 is 1.61 bits per heavy atom. The van der Waals surface area contributed by atoms with Gasteiger partial charge in [0.1, 0.15) is 35.2 Å². The number of hydrogen-bond donors (Lipinski definition) is 5. The third-order valence-electron chi connectivity index (χ3n) is 11.9. The van der Waals surface area contributed by atoms with Gasteiger partial charge in [0.15, 0.2) is 0 Å². The number of nitrogens with zero attached hydrogens (tertiary/aromatic N) is 1. The van der Waals surface area contributed by atoms with Crippen molar-refractivity contribution >= 4 is 40.5 Å². The minimum Gasteiger partial charge on any atom is -0.497 e. The molecule has 6 rings (SSSR count). The van der Waals surface area contributed by atoms with E-state index >= 15 is 0 Å². The van der Waals surface area contributed by atoms with E-state index < -0.39 is 70.6 Å². The van der Waals surface area contributed by atoms with Crippen LogP contribution in [0.5, 0.6) is 11.5 Å². The molecule has 3 aliphatic rings. The number of carboxylic acid groups (broad SMARTS) is 1. The first-order valence-electron chi connectivity index (χ1n) is 19.9. The first kappa shape index (κ1) is 41.2. The monoisotopic (exact) mass is 781 g/mol. The number of likely N-dealkylation sites (N-methyl/N-ethyl adjacent to an activating group) is 1. The molecular formula is C44H55N5O8. The van der Waals surface area contributed by atoms with Crippen LogP contribution in [0, 0.1) is 29.1 Å². The molecule has 4 amide bonds. The molecule has 3 aromatic rings. The number of carbonyl (C=O) groups is 5. The minimum atomic E-state index is -1.51. The summed E-state index contributed by atoms with van der Waals surface area (Å²) in [6.45, 7) is 9.21. The molecule has 0 bridgehead atoms. The predicted octanol–water partition coefficient (Wildman–Crippen LogP) is 5.17. The molecule has 0 aliphatic heterocycles. The van der Waals surface area contributed by atoms with E-state index in [0.717, 1.165) is 37.7 Å². The summed E-state index contributed by atoms with van der Waals surface area (Å²) in [6.07, 6.45) is 5.90. The van der Waals surface area contributed by atoms with Gasteiger partial charge in [-0.1, -0.05) is 76.4 Å². The van der Waals surface area contributed by atoms with E-state index in [2.05, 4.69) is 27.8 Å². The van der Waals surface area contributed by atoms with Crippen molar-refractivity contribution in [2.45, 2.75) is 95.9 Å². The van der Waals surface area contributed by atoms with Gasteiger partial charge in [0.05, 0.1) is 30.2 Å². The number of hydrogen-bond acceptors (Lipinski definition) is 8. The summed E-state index contributed by atoms with van der Waals surface area (Å²) < 4.78 is 12.2. The molecule has 0 radical (unpaired) electrons. The molecule has 1 aromatic heterocycles. The van der Waals surface area contributed by atoms with E-state index in [1.54, 1.807) is 20.2 Å². The van der Waals surface area contributed by atoms with Gasteiger partial charge in [0.25, 0.3) is 0 Å². The quantitative estimate of drug-likeness (QED) is 0.138. The number of nitrogens with one attached hydrogen (secondary N) is 4. The molecule has 57 heavy (non-hydrogen) atoms. The first-order chi connectivity index (χ1) is 27.2. The molecule has 0 spiro atoms. The average Bonchev–Trinajstić information content (AvgIpc) is 3.77. The smallest absolute Gasteiger partial charge is 0.330 e. The zero-order valence-electron chi connectivity index (χ0n) is 33.4. The van der Waals surface area contributed by atoms with Gasteiger partial charge in [0.2, 0.25) is 23.6 Å². The lowest BCUT2D eigenvalue weighted by atomic mass is 9.82. The summed E-state index contributed by atoms with van der Waals surface area (Å²) in [7, 11) is 3.12. The molecule has 304 valence electrons. The zero-order valence-corrected chi connectivity index (χ0v) is 33.4. The molecule has 2 aromatic carbocycles. The Labute approximate surface area is 333 Å². The highest BCUT2D eigenvalue weighted by atomic mass is 16.5. The van der Waals surface area contributed by atoms with Gasteiger partial charge >= 0.3 is 5.97 Å². The Hall–Kier alpha value is -5.46. The number of ether oxygens (including phenoxy) is 2. The standard InChI is InChI=1S/C44H55N5O8/c1-7-27-24-44(27,42(54)55)49-39(51)32-21-29(57-35-23-33(25-14-10-8-11-15-25)46-34-22-28(56-6)18-19-30(34)35)20-31(32)38(50)48-37(43(2,3)4)41(53)47-36(40(52)45-5)26-16-12-9-13-17-26/h7-8,10-11,14-15,18-19,22-23,26-27,29,31-32,36-37H,1,9,12-13,16-17,20-21,24H2,2-6H3,(H,45,52)(H,47,53)(H,48,50)(H,49,51)(H,54,55)/t27-,29+,31-,32-,36+,37-,44-/m1/s1. The topological polar surface area (TPSA) is 185 Å². The highest BCUT2D eigenvalue weighted by molar-refractivity contribution is 5.97. The van der Waals surface area contributed by atoms with Gasteiger partial charge in [-0.15, -0.1) is 6.58 Å². The van der Waals surface area contributed by atoms with Gasteiger partial charge < -0.3 is 35.8 Å². The Kier molecular flexibility index (Phi) is 12.2. The normalized spacial score (nSPS) is 24.4. The number of benzene rings is 2. The first-order valence-corrected chi connectivity index (χ1v) is 19.9. The summed E-state index contributed by atoms with van der Waals surface area (Å²) in [6, 6.07) is 15.1. The number of pyridine rings is 1. The Balaban J connectivity index is 1.30. The number of aliphatic carboxylic acids is 1. The van der Waals surface area contributed by atoms with Crippen LogP contribution in [0.2, 0.25) is 0 Å². The van der Waals surface area contributed by atoms with Crippen molar-refractivity contribution in [2.75, 3.05) is 14.2 Å². The maximum atomic E-state index is 14.5. The SMILES string of the molecule is C=C[C@@H]1C[C@]1(NC(=O)[C@@H]1C[C@@H](Oc2cc(-c3ccccc3)nc3cc(OC)ccc23)C[C@H]1C(=O)N[C@H](C(=O)N[C@H](C(=O)NC)C1CCCCC1)C(C)(C)C)C(=O)O. The van der Waals surface area contributed by atoms with Gasteiger partial charge in [-0.05, 0) is 55.6 Å². The molecule has 0 saturated heterocycles. The van der Waals surface area contributed by atoms with Crippen LogP contribution in [0.3, 0.4) is 0 Å². The molecule has 3 fully saturated rings. The molecule has 1 heterocycles. The minimum absolute atomic E-state index is 0.0316. The van der Waals surface area contributed by atoms with Crippen LogP contribution in [-0.4, -0.2) is 77.6 Å². The van der Waals surface area contributed by atoms with Crippen molar-refractivity contribution in [3.63, 3.8) is 0 Å². The van der Waals surface area contributed by atoms with E-state index in [1.807, 2.05) is 69.3 Å². The maximum absolute atomic E-state index is 14.5. The predicted molar refractivity (Wildman–Crippen MR) is 215 cm³/mol. The van der Waals surface area contributed by atoms with Crippen molar-refractivity contribution in [1.82, 2.24) is 26.3 Å². The van der Waals surface area contributed by atoms with Gasteiger partial charge in [0, 0.05) is 36.0 Å². The van der Waals surface area contributed by atoms with Crippen LogP contribution in [0.25, 0.3) is 22.2 Å². The summed E-state index contributed by atoms with van der Waals surface area (Å²) in [5.74, 6) is -4.42. The molecule has 3 aliphatic carbocycles. The summed E-state index contributed by atoms with van der Waals surface area (Å²) >= 11 is 0. The van der Waals surface area contributed by atoms with Crippen LogP contribution in [-0.2, 0) is 24.0 Å². The second-order valence-electron chi connectivity index (χ2n) is 16.8. The molecule has 13 nitrogen and oxygen atoms in total. The van der Waals surface area contributed by atoms with Gasteiger partial charge in [-0.25, -0.2) is 9.78 Å². The van der Waals surface area contributed by atoms with Gasteiger partial charge in [-0.3, -0.25) is 19.2 Å². The van der Waals surface area contributed by atoms with Crippen molar-refractivity contribution in [3.8, 4) is 22.8 Å². The third kappa shape index (κ3) is 8.92. The van der Waals surface area contributed by atoms with E-state index in [9.17, 15) is 29.1 Å². The van der Waals surface area contributed by atoms with Crippen LogP contribution in [0.4, 0.5) is 0 Å². The van der Waals surface area contributed by atoms with Crippen LogP contribution in [0.15, 0.2) is 67.3 Å². The Bertz CT molecular complexity index is 2010. The number of methoxy groups -OCH3 is 1. The molecule has 5 N–H and O–H groups in total. The summed E-state index contributed by atoms with van der Waals surface area (Å²) in [5, 5.41) is 22.2. The van der Waals surface area contributed by atoms with Crippen molar-refractivity contribution in [3.05, 3.63) is 67.3 Å². The average molecular weight is 782 g/mol. The van der Waals surface area contributed by atoms with Gasteiger partial charge in [-0.2, -0.15) is 0 Å². The second-order valence-corrected chi connectivity index (χ2v) is 16.8. The lowest BCUT2D eigenvalue weighted by Crippen LogP contribution is -2.60. The molecule has 0 unspecified atom stereocenters. The van der Waals surface area contributed by atoms with E-state index in [1.165, 1.54) is 6.08 Å². The number of rotatable bonds is 14. The number of carbonyl (C=O) groups excluding carboxylic acids is 4. The second kappa shape index (κ2) is 17.0. The maximum Gasteiger partial charge on any atom is 0.330 e. The highest BCUT2D eigenvalue weighted by Crippen LogP contribution is 2.46. The Morgan fingerprint density at radius 3 is 2.21 bits per heavy atom. The lowest BCUT2D eigenvalue weighted by molar-refractivity contribution is -0.145. The van der Waals surface area contributed by atoms with Crippen molar-refractivity contribution in [2.24, 2.45) is 29.1 Å². The molecular weight excluding hydrogens is 727 g/mol. The van der Waals surface area contributed by atoms with Crippen LogP contribution >= 0.6 is 0 Å². The van der Waals surface area contributed by atoms with E-state index in [4.69, 9.17) is 14.5 Å². The number of carboxylic acids is 1. The van der Waals surface area contributed by atoms with Crippen LogP contribution < -0.4 is 30.7 Å². The van der Waals surface area contributed by atoms with Crippen molar-refractivity contribution < 1.29 is 38.6 Å². The third-order valence-corrected chi connectivity index (χ3v) is 11.9. The highest BCUT2D eigenvalue weighted by Gasteiger charge is 2.61. The molecule has 3 saturated carbocycles. The summed E-state index contributed by atoms with van der Waals surface area (Å²) in [4.78, 5) is 73.1. The fourth-order valence-corrected chi connectivity index (χ4v) is 8.51. The fraction of sp³-hybridized carbons (Fsp3) is 0.500. The molecule has 7 atom stereocenters. The zero-order chi connectivity index (χ0) is 41.1. The number of fused-ring (bicyclic) bond motifs is 1. The van der Waals surface area contributed by atoms with Crippen LogP contribution in [0.1, 0.15) is 72.1 Å². The number of amides is 4.